The molecule has 0 saturated heterocycles. The zero-order valence-corrected chi connectivity index (χ0v) is 8.20. The summed E-state index contributed by atoms with van der Waals surface area (Å²) in [6, 6.07) is 9.65. The number of hydrogen-bond acceptors (Lipinski definition) is 3. The molecule has 0 aliphatic heterocycles. The minimum absolute atomic E-state index is 0.0572. The number of nitrogens with zero attached hydrogens (tertiary/aromatic N) is 1. The van der Waals surface area contributed by atoms with Gasteiger partial charge in [0.2, 0.25) is 0 Å². The maximum Gasteiger partial charge on any atom is 0.0995 e. The molecule has 0 unspecified atom stereocenters. The molecule has 0 aliphatic rings. The summed E-state index contributed by atoms with van der Waals surface area (Å²) >= 11 is 0. The fourth-order valence-electron chi connectivity index (χ4n) is 1.13. The van der Waals surface area contributed by atoms with Gasteiger partial charge in [-0.3, -0.25) is 0 Å². The molecule has 14 heavy (non-hydrogen) atoms. The van der Waals surface area contributed by atoms with Gasteiger partial charge in [-0.1, -0.05) is 18.2 Å². The summed E-state index contributed by atoms with van der Waals surface area (Å²) in [5.74, 6) is 0. The second kappa shape index (κ2) is 5.38. The lowest BCUT2D eigenvalue weighted by atomic mass is 10.1. The van der Waals surface area contributed by atoms with E-state index in [1.165, 1.54) is 0 Å². The molecule has 1 atom stereocenters. The minimum atomic E-state index is 0.0572. The summed E-state index contributed by atoms with van der Waals surface area (Å²) in [7, 11) is 0. The topological polar surface area (TPSA) is 56.0 Å². The Morgan fingerprint density at radius 3 is 2.86 bits per heavy atom. The van der Waals surface area contributed by atoms with Gasteiger partial charge in [-0.2, -0.15) is 5.26 Å². The van der Waals surface area contributed by atoms with Gasteiger partial charge in [0.25, 0.3) is 0 Å². The molecule has 0 fully saturated rings. The average molecular weight is 190 g/mol. The molecule has 0 amide bonds. The highest BCUT2D eigenvalue weighted by atomic mass is 16.3. The first-order chi connectivity index (χ1) is 6.77. The Bertz CT molecular complexity index is 330. The second-order valence-electron chi connectivity index (χ2n) is 3.23. The van der Waals surface area contributed by atoms with Gasteiger partial charge in [0.1, 0.15) is 0 Å². The summed E-state index contributed by atoms with van der Waals surface area (Å²) in [5.41, 5.74) is 1.65. The number of nitrogens with one attached hydrogen (secondary N) is 1. The molecule has 1 rings (SSSR count). The molecular weight excluding hydrogens is 176 g/mol. The lowest BCUT2D eigenvalue weighted by molar-refractivity contribution is 0.251. The van der Waals surface area contributed by atoms with Crippen molar-refractivity contribution in [2.24, 2.45) is 0 Å². The predicted octanol–water partition coefficient (Wildman–Crippen LogP) is 1.03. The van der Waals surface area contributed by atoms with E-state index in [-0.39, 0.29) is 12.6 Å². The molecule has 74 valence electrons. The number of benzene rings is 1. The van der Waals surface area contributed by atoms with Crippen LogP contribution in [0.5, 0.6) is 0 Å². The van der Waals surface area contributed by atoms with Gasteiger partial charge < -0.3 is 10.4 Å². The maximum absolute atomic E-state index is 8.81. The van der Waals surface area contributed by atoms with E-state index in [4.69, 9.17) is 10.4 Å². The minimum Gasteiger partial charge on any atom is -0.395 e. The predicted molar refractivity (Wildman–Crippen MR) is 54.5 cm³/mol. The zero-order valence-electron chi connectivity index (χ0n) is 8.20. The van der Waals surface area contributed by atoms with Gasteiger partial charge in [0.15, 0.2) is 0 Å². The lowest BCUT2D eigenvalue weighted by Gasteiger charge is -2.11. The van der Waals surface area contributed by atoms with Crippen LogP contribution in [-0.2, 0) is 6.54 Å². The van der Waals surface area contributed by atoms with E-state index in [9.17, 15) is 0 Å². The largest absolute Gasteiger partial charge is 0.395 e. The van der Waals surface area contributed by atoms with Crippen molar-refractivity contribution in [3.05, 3.63) is 35.4 Å². The molecule has 0 aromatic heterocycles. The van der Waals surface area contributed by atoms with Crippen LogP contribution in [0.1, 0.15) is 18.1 Å². The Morgan fingerprint density at radius 1 is 1.50 bits per heavy atom. The van der Waals surface area contributed by atoms with E-state index < -0.39 is 0 Å². The van der Waals surface area contributed by atoms with E-state index in [1.807, 2.05) is 25.1 Å². The van der Waals surface area contributed by atoms with E-state index in [0.29, 0.717) is 12.1 Å². The van der Waals surface area contributed by atoms with Crippen molar-refractivity contribution in [2.45, 2.75) is 19.5 Å². The van der Waals surface area contributed by atoms with Crippen LogP contribution < -0.4 is 5.32 Å². The molecular formula is C11H14N2O. The van der Waals surface area contributed by atoms with Crippen molar-refractivity contribution >= 4 is 0 Å². The third-order valence-electron chi connectivity index (χ3n) is 2.05. The number of aliphatic hydroxyl groups excluding tert-OH is 1. The summed E-state index contributed by atoms with van der Waals surface area (Å²) < 4.78 is 0. The van der Waals surface area contributed by atoms with Crippen molar-refractivity contribution in [3.8, 4) is 6.07 Å². The molecule has 3 nitrogen and oxygen atoms in total. The fourth-order valence-corrected chi connectivity index (χ4v) is 1.13. The van der Waals surface area contributed by atoms with Gasteiger partial charge >= 0.3 is 0 Å². The van der Waals surface area contributed by atoms with Crippen molar-refractivity contribution in [1.29, 1.82) is 5.26 Å². The number of nitriles is 1. The fraction of sp³-hybridized carbons (Fsp3) is 0.364. The highest BCUT2D eigenvalue weighted by Crippen LogP contribution is 2.06. The molecule has 0 bridgehead atoms. The quantitative estimate of drug-likeness (QED) is 0.745. The number of aliphatic hydroxyl groups is 1. The number of hydrogen-bond donors (Lipinski definition) is 2. The molecule has 1 aromatic rings. The Hall–Kier alpha value is -1.37. The third-order valence-corrected chi connectivity index (χ3v) is 2.05. The summed E-state index contributed by atoms with van der Waals surface area (Å²) in [6.45, 7) is 2.62. The molecule has 0 radical (unpaired) electrons. The standard InChI is InChI=1S/C11H14N2O/c1-9(8-14)13-7-11-5-3-2-4-10(11)6-12/h2-5,9,13-14H,7-8H2,1H3/t9-/m1/s1. The molecule has 3 heteroatoms. The highest BCUT2D eigenvalue weighted by molar-refractivity contribution is 5.37. The first kappa shape index (κ1) is 10.7. The molecule has 0 aliphatic carbocycles. The van der Waals surface area contributed by atoms with Crippen LogP contribution >= 0.6 is 0 Å². The smallest absolute Gasteiger partial charge is 0.0995 e. The van der Waals surface area contributed by atoms with Gasteiger partial charge in [0.05, 0.1) is 18.2 Å². The van der Waals surface area contributed by atoms with E-state index in [2.05, 4.69) is 11.4 Å². The summed E-state index contributed by atoms with van der Waals surface area (Å²) in [6.07, 6.45) is 0. The van der Waals surface area contributed by atoms with Crippen LogP contribution in [-0.4, -0.2) is 17.8 Å². The molecule has 0 heterocycles. The molecule has 1 aromatic carbocycles. The molecule has 0 spiro atoms. The van der Waals surface area contributed by atoms with Crippen LogP contribution in [0.2, 0.25) is 0 Å². The second-order valence-corrected chi connectivity index (χ2v) is 3.23. The Balaban J connectivity index is 2.63. The lowest BCUT2D eigenvalue weighted by Crippen LogP contribution is -2.28. The van der Waals surface area contributed by atoms with Crippen LogP contribution in [0.4, 0.5) is 0 Å². The van der Waals surface area contributed by atoms with Gasteiger partial charge in [0, 0.05) is 12.6 Å². The van der Waals surface area contributed by atoms with Crippen molar-refractivity contribution < 1.29 is 5.11 Å². The van der Waals surface area contributed by atoms with Crippen LogP contribution in [0.3, 0.4) is 0 Å². The van der Waals surface area contributed by atoms with Gasteiger partial charge in [-0.25, -0.2) is 0 Å². The molecule has 0 saturated carbocycles. The average Bonchev–Trinajstić information content (AvgIpc) is 2.26. The number of rotatable bonds is 4. The SMILES string of the molecule is C[C@H](CO)NCc1ccccc1C#N. The van der Waals surface area contributed by atoms with Crippen molar-refractivity contribution in [2.75, 3.05) is 6.61 Å². The Morgan fingerprint density at radius 2 is 2.21 bits per heavy atom. The highest BCUT2D eigenvalue weighted by Gasteiger charge is 2.02. The van der Waals surface area contributed by atoms with Crippen LogP contribution in [0, 0.1) is 11.3 Å². The van der Waals surface area contributed by atoms with E-state index >= 15 is 0 Å². The van der Waals surface area contributed by atoms with E-state index in [1.54, 1.807) is 6.07 Å². The maximum atomic E-state index is 8.81. The Labute approximate surface area is 84.0 Å². The third kappa shape index (κ3) is 2.84. The summed E-state index contributed by atoms with van der Waals surface area (Å²) in [4.78, 5) is 0. The zero-order chi connectivity index (χ0) is 10.4. The van der Waals surface area contributed by atoms with E-state index in [0.717, 1.165) is 5.56 Å². The van der Waals surface area contributed by atoms with Crippen LogP contribution in [0.25, 0.3) is 0 Å². The normalized spacial score (nSPS) is 12.1. The molecule has 2 N–H and O–H groups in total. The first-order valence-electron chi connectivity index (χ1n) is 4.60. The first-order valence-corrected chi connectivity index (χ1v) is 4.60. The van der Waals surface area contributed by atoms with Gasteiger partial charge in [-0.15, -0.1) is 0 Å². The monoisotopic (exact) mass is 190 g/mol. The summed E-state index contributed by atoms with van der Waals surface area (Å²) in [5, 5.41) is 20.7. The van der Waals surface area contributed by atoms with Crippen molar-refractivity contribution in [3.63, 3.8) is 0 Å². The van der Waals surface area contributed by atoms with Crippen LogP contribution in [0.15, 0.2) is 24.3 Å². The Kier molecular flexibility index (Phi) is 4.11. The van der Waals surface area contributed by atoms with Gasteiger partial charge in [-0.05, 0) is 18.6 Å². The van der Waals surface area contributed by atoms with Crippen molar-refractivity contribution in [1.82, 2.24) is 5.32 Å².